The van der Waals surface area contributed by atoms with Crippen molar-refractivity contribution in [2.45, 2.75) is 19.3 Å². The summed E-state index contributed by atoms with van der Waals surface area (Å²) < 4.78 is 51.4. The molecule has 12 heteroatoms. The molecule has 1 aromatic carbocycles. The molecular formula is C18H14ClF3N6O2. The molecule has 0 bridgehead atoms. The molecule has 0 aliphatic carbocycles. The second-order valence-electron chi connectivity index (χ2n) is 6.74. The van der Waals surface area contributed by atoms with Crippen molar-refractivity contribution >= 4 is 17.5 Å². The number of nitrogens with zero attached hydrogens (tertiary/aromatic N) is 6. The third-order valence-electron chi connectivity index (χ3n) is 4.75. The highest BCUT2D eigenvalue weighted by Gasteiger charge is 2.30. The zero-order valence-corrected chi connectivity index (χ0v) is 16.1. The second kappa shape index (κ2) is 7.10. The lowest BCUT2D eigenvalue weighted by molar-refractivity contribution is -0.177. The van der Waals surface area contributed by atoms with Gasteiger partial charge in [-0.15, -0.1) is 10.2 Å². The lowest BCUT2D eigenvalue weighted by Crippen LogP contribution is -2.18. The van der Waals surface area contributed by atoms with E-state index in [-0.39, 0.29) is 19.0 Å². The van der Waals surface area contributed by atoms with Gasteiger partial charge in [0.2, 0.25) is 5.90 Å². The highest BCUT2D eigenvalue weighted by atomic mass is 35.5. The van der Waals surface area contributed by atoms with Crippen molar-refractivity contribution in [2.24, 2.45) is 4.99 Å². The van der Waals surface area contributed by atoms with Crippen molar-refractivity contribution in [3.63, 3.8) is 0 Å². The minimum absolute atomic E-state index is 0.247. The molecular weight excluding hydrogens is 425 g/mol. The average Bonchev–Trinajstić information content (AvgIpc) is 3.40. The van der Waals surface area contributed by atoms with Gasteiger partial charge in [0.25, 0.3) is 0 Å². The molecule has 3 aromatic rings. The molecule has 0 amide bonds. The maximum atomic E-state index is 12.5. The first-order valence-electron chi connectivity index (χ1n) is 9.01. The maximum Gasteiger partial charge on any atom is 0.411 e. The van der Waals surface area contributed by atoms with Crippen molar-refractivity contribution in [1.82, 2.24) is 24.3 Å². The second-order valence-corrected chi connectivity index (χ2v) is 7.18. The zero-order valence-electron chi connectivity index (χ0n) is 15.4. The molecule has 5 rings (SSSR count). The number of hydrogen-bond acceptors (Lipinski definition) is 6. The minimum atomic E-state index is -4.43. The first-order valence-corrected chi connectivity index (χ1v) is 9.39. The van der Waals surface area contributed by atoms with E-state index in [1.54, 1.807) is 23.0 Å². The van der Waals surface area contributed by atoms with E-state index in [9.17, 15) is 13.2 Å². The fraction of sp³-hybridized carbons (Fsp3) is 0.333. The Labute approximate surface area is 172 Å². The van der Waals surface area contributed by atoms with Crippen LogP contribution in [0.25, 0.3) is 17.1 Å². The first-order chi connectivity index (χ1) is 14.4. The Morgan fingerprint density at radius 2 is 2.10 bits per heavy atom. The Morgan fingerprint density at radius 3 is 2.87 bits per heavy atom. The highest BCUT2D eigenvalue weighted by Crippen LogP contribution is 2.34. The SMILES string of the molecule is FC(F)(F)COCc1nnc2n1Cc1c(C3=NCCO3)ncn1-c1ccc(Cl)cc1-2. The van der Waals surface area contributed by atoms with Crippen LogP contribution in [0.5, 0.6) is 0 Å². The number of ether oxygens (including phenoxy) is 2. The van der Waals surface area contributed by atoms with Crippen LogP contribution in [0.1, 0.15) is 17.2 Å². The van der Waals surface area contributed by atoms with Crippen LogP contribution < -0.4 is 0 Å². The molecule has 0 N–H and O–H groups in total. The van der Waals surface area contributed by atoms with Crippen LogP contribution in [0.4, 0.5) is 13.2 Å². The summed E-state index contributed by atoms with van der Waals surface area (Å²) in [6.45, 7) is -0.448. The molecule has 0 atom stereocenters. The summed E-state index contributed by atoms with van der Waals surface area (Å²) >= 11 is 6.20. The number of halogens is 4. The van der Waals surface area contributed by atoms with Crippen LogP contribution in [-0.4, -0.2) is 56.1 Å². The number of alkyl halides is 3. The van der Waals surface area contributed by atoms with Crippen molar-refractivity contribution in [2.75, 3.05) is 19.8 Å². The van der Waals surface area contributed by atoms with Crippen molar-refractivity contribution in [3.05, 3.63) is 46.8 Å². The normalized spacial score (nSPS) is 15.1. The average molecular weight is 439 g/mol. The summed E-state index contributed by atoms with van der Waals surface area (Å²) in [5.74, 6) is 1.17. The van der Waals surface area contributed by atoms with E-state index >= 15 is 0 Å². The Bertz CT molecular complexity index is 1150. The molecule has 0 fully saturated rings. The smallest absolute Gasteiger partial charge is 0.411 e. The summed E-state index contributed by atoms with van der Waals surface area (Å²) in [6.07, 6.45) is -2.77. The molecule has 8 nitrogen and oxygen atoms in total. The van der Waals surface area contributed by atoms with Crippen molar-refractivity contribution in [3.8, 4) is 17.1 Å². The van der Waals surface area contributed by atoms with E-state index in [0.29, 0.717) is 41.2 Å². The maximum absolute atomic E-state index is 12.5. The number of aromatic nitrogens is 5. The van der Waals surface area contributed by atoms with E-state index in [0.717, 1.165) is 11.4 Å². The van der Waals surface area contributed by atoms with Gasteiger partial charge in [0.05, 0.1) is 24.5 Å². The Kier molecular flexibility index (Phi) is 4.51. The fourth-order valence-corrected chi connectivity index (χ4v) is 3.67. The van der Waals surface area contributed by atoms with Gasteiger partial charge in [-0.1, -0.05) is 11.6 Å². The number of benzene rings is 1. The summed E-state index contributed by atoms with van der Waals surface area (Å²) in [5.41, 5.74) is 2.75. The van der Waals surface area contributed by atoms with Crippen molar-refractivity contribution in [1.29, 1.82) is 0 Å². The van der Waals surface area contributed by atoms with Crippen LogP contribution in [0, 0.1) is 0 Å². The Hall–Kier alpha value is -2.92. The van der Waals surface area contributed by atoms with Crippen LogP contribution >= 0.6 is 11.6 Å². The molecule has 30 heavy (non-hydrogen) atoms. The summed E-state index contributed by atoms with van der Waals surface area (Å²) in [4.78, 5) is 8.80. The Balaban J connectivity index is 1.61. The van der Waals surface area contributed by atoms with E-state index < -0.39 is 12.8 Å². The van der Waals surface area contributed by atoms with Crippen LogP contribution in [-0.2, 0) is 22.6 Å². The topological polar surface area (TPSA) is 79.3 Å². The molecule has 0 saturated heterocycles. The van der Waals surface area contributed by atoms with Crippen LogP contribution in [0.15, 0.2) is 29.5 Å². The summed E-state index contributed by atoms with van der Waals surface area (Å²) in [7, 11) is 0. The first kappa shape index (κ1) is 19.1. The largest absolute Gasteiger partial charge is 0.474 e. The number of imidazole rings is 1. The standard InChI is InChI=1S/C18H14ClF3N6O2/c19-10-1-2-12-11(5-10)16-26-25-14(7-29-8-18(20,21)22)27(16)6-13-15(24-9-28(12)13)17-23-3-4-30-17/h1-2,5,9H,3-4,6-8H2. The van der Waals surface area contributed by atoms with Crippen LogP contribution in [0.2, 0.25) is 5.02 Å². The van der Waals surface area contributed by atoms with Gasteiger partial charge in [0, 0.05) is 10.6 Å². The molecule has 156 valence electrons. The number of aliphatic imine (C=N–C) groups is 1. The van der Waals surface area contributed by atoms with Gasteiger partial charge in [-0.2, -0.15) is 13.2 Å². The van der Waals surface area contributed by atoms with Gasteiger partial charge in [-0.25, -0.2) is 9.98 Å². The van der Waals surface area contributed by atoms with Gasteiger partial charge < -0.3 is 14.0 Å². The lowest BCUT2D eigenvalue weighted by Gasteiger charge is -2.11. The molecule has 2 aliphatic rings. The number of rotatable bonds is 4. The monoisotopic (exact) mass is 438 g/mol. The van der Waals surface area contributed by atoms with Gasteiger partial charge in [-0.3, -0.25) is 4.57 Å². The minimum Gasteiger partial charge on any atom is -0.474 e. The predicted octanol–water partition coefficient (Wildman–Crippen LogP) is 3.00. The third-order valence-corrected chi connectivity index (χ3v) is 4.98. The molecule has 0 saturated carbocycles. The van der Waals surface area contributed by atoms with E-state index in [1.165, 1.54) is 0 Å². The van der Waals surface area contributed by atoms with Crippen LogP contribution in [0.3, 0.4) is 0 Å². The van der Waals surface area contributed by atoms with E-state index in [2.05, 4.69) is 20.2 Å². The van der Waals surface area contributed by atoms with Gasteiger partial charge in [0.15, 0.2) is 11.6 Å². The third kappa shape index (κ3) is 3.33. The molecule has 4 heterocycles. The Morgan fingerprint density at radius 1 is 1.23 bits per heavy atom. The molecule has 0 unspecified atom stereocenters. The van der Waals surface area contributed by atoms with E-state index in [1.807, 2.05) is 10.6 Å². The summed E-state index contributed by atoms with van der Waals surface area (Å²) in [6, 6.07) is 5.30. The molecule has 0 radical (unpaired) electrons. The van der Waals surface area contributed by atoms with Gasteiger partial charge >= 0.3 is 6.18 Å². The number of fused-ring (bicyclic) bond motifs is 5. The molecule has 2 aromatic heterocycles. The fourth-order valence-electron chi connectivity index (χ4n) is 3.50. The predicted molar refractivity (Wildman–Crippen MR) is 99.8 cm³/mol. The molecule has 0 spiro atoms. The highest BCUT2D eigenvalue weighted by molar-refractivity contribution is 6.31. The lowest BCUT2D eigenvalue weighted by atomic mass is 10.1. The zero-order chi connectivity index (χ0) is 20.9. The van der Waals surface area contributed by atoms with Gasteiger partial charge in [0.1, 0.15) is 31.8 Å². The van der Waals surface area contributed by atoms with Gasteiger partial charge in [-0.05, 0) is 18.2 Å². The molecule has 2 aliphatic heterocycles. The number of hydrogen-bond donors (Lipinski definition) is 0. The van der Waals surface area contributed by atoms with E-state index in [4.69, 9.17) is 21.1 Å². The van der Waals surface area contributed by atoms with Crippen molar-refractivity contribution < 1.29 is 22.6 Å². The summed E-state index contributed by atoms with van der Waals surface area (Å²) in [5, 5.41) is 8.75. The quantitative estimate of drug-likeness (QED) is 0.489.